The van der Waals surface area contributed by atoms with Gasteiger partial charge in [0.1, 0.15) is 5.60 Å². The van der Waals surface area contributed by atoms with Gasteiger partial charge in [0.05, 0.1) is 6.04 Å². The van der Waals surface area contributed by atoms with Gasteiger partial charge in [-0.3, -0.25) is 4.79 Å². The van der Waals surface area contributed by atoms with E-state index in [1.54, 1.807) is 9.80 Å². The lowest BCUT2D eigenvalue weighted by Gasteiger charge is -2.30. The second-order valence-electron chi connectivity index (χ2n) is 6.84. The van der Waals surface area contributed by atoms with Crippen LogP contribution in [-0.4, -0.2) is 53.1 Å². The Labute approximate surface area is 126 Å². The highest BCUT2D eigenvalue weighted by atomic mass is 16.6. The molecule has 2 rings (SSSR count). The number of carbonyl (C=O) groups is 2. The SMILES string of the molecule is C#CC1CC(=O)N(CC2CCCN2C(=O)OC(C)(C)C)C1. The lowest BCUT2D eigenvalue weighted by atomic mass is 10.1. The van der Waals surface area contributed by atoms with Crippen LogP contribution >= 0.6 is 0 Å². The number of hydrogen-bond acceptors (Lipinski definition) is 3. The van der Waals surface area contributed by atoms with Crippen LogP contribution in [0, 0.1) is 18.3 Å². The topological polar surface area (TPSA) is 49.9 Å². The molecule has 2 aliphatic heterocycles. The van der Waals surface area contributed by atoms with Crippen molar-refractivity contribution >= 4 is 12.0 Å². The summed E-state index contributed by atoms with van der Waals surface area (Å²) in [6.07, 6.45) is 7.39. The van der Waals surface area contributed by atoms with Crippen LogP contribution in [0.15, 0.2) is 0 Å². The molecule has 0 aromatic rings. The zero-order chi connectivity index (χ0) is 15.6. The molecule has 2 fully saturated rings. The zero-order valence-corrected chi connectivity index (χ0v) is 13.1. The van der Waals surface area contributed by atoms with Gasteiger partial charge in [0.25, 0.3) is 0 Å². The molecule has 5 heteroatoms. The van der Waals surface area contributed by atoms with Crippen molar-refractivity contribution in [2.45, 2.75) is 51.7 Å². The summed E-state index contributed by atoms with van der Waals surface area (Å²) < 4.78 is 5.44. The molecule has 0 aromatic carbocycles. The van der Waals surface area contributed by atoms with Gasteiger partial charge in [-0.25, -0.2) is 4.79 Å². The lowest BCUT2D eigenvalue weighted by molar-refractivity contribution is -0.128. The minimum Gasteiger partial charge on any atom is -0.444 e. The van der Waals surface area contributed by atoms with Crippen molar-refractivity contribution in [2.24, 2.45) is 5.92 Å². The van der Waals surface area contributed by atoms with Crippen molar-refractivity contribution in [3.05, 3.63) is 0 Å². The third-order valence-corrected chi connectivity index (χ3v) is 3.89. The number of terminal acetylenes is 1. The fourth-order valence-electron chi connectivity index (χ4n) is 2.90. The first kappa shape index (κ1) is 15.7. The Kier molecular flexibility index (Phi) is 4.46. The van der Waals surface area contributed by atoms with E-state index in [2.05, 4.69) is 5.92 Å². The van der Waals surface area contributed by atoms with Crippen molar-refractivity contribution in [2.75, 3.05) is 19.6 Å². The van der Waals surface area contributed by atoms with Gasteiger partial charge in [-0.15, -0.1) is 12.3 Å². The number of nitrogens with zero attached hydrogens (tertiary/aromatic N) is 2. The van der Waals surface area contributed by atoms with Crippen molar-refractivity contribution < 1.29 is 14.3 Å². The van der Waals surface area contributed by atoms with Gasteiger partial charge in [-0.05, 0) is 33.6 Å². The predicted octanol–water partition coefficient (Wildman–Crippen LogP) is 1.87. The fraction of sp³-hybridized carbons (Fsp3) is 0.750. The Morgan fingerprint density at radius 2 is 2.19 bits per heavy atom. The van der Waals surface area contributed by atoms with Crippen LogP contribution < -0.4 is 0 Å². The highest BCUT2D eigenvalue weighted by Gasteiger charge is 2.36. The molecule has 21 heavy (non-hydrogen) atoms. The average molecular weight is 292 g/mol. The first-order valence-corrected chi connectivity index (χ1v) is 7.53. The molecule has 2 atom stereocenters. The Morgan fingerprint density at radius 3 is 2.76 bits per heavy atom. The van der Waals surface area contributed by atoms with Crippen molar-refractivity contribution in [1.29, 1.82) is 0 Å². The Hall–Kier alpha value is -1.70. The fourth-order valence-corrected chi connectivity index (χ4v) is 2.90. The van der Waals surface area contributed by atoms with Crippen LogP contribution in [0.25, 0.3) is 0 Å². The highest BCUT2D eigenvalue weighted by molar-refractivity contribution is 5.79. The first-order valence-electron chi connectivity index (χ1n) is 7.53. The van der Waals surface area contributed by atoms with E-state index >= 15 is 0 Å². The minimum atomic E-state index is -0.498. The molecule has 0 aromatic heterocycles. The van der Waals surface area contributed by atoms with Gasteiger partial charge in [0.15, 0.2) is 0 Å². The highest BCUT2D eigenvalue weighted by Crippen LogP contribution is 2.24. The van der Waals surface area contributed by atoms with E-state index in [0.717, 1.165) is 12.8 Å². The third kappa shape index (κ3) is 3.90. The van der Waals surface area contributed by atoms with Gasteiger partial charge in [-0.1, -0.05) is 0 Å². The summed E-state index contributed by atoms with van der Waals surface area (Å²) >= 11 is 0. The summed E-state index contributed by atoms with van der Waals surface area (Å²) in [6, 6.07) is 0.0420. The van der Waals surface area contributed by atoms with E-state index in [-0.39, 0.29) is 24.0 Å². The number of likely N-dealkylation sites (tertiary alicyclic amines) is 2. The van der Waals surface area contributed by atoms with Gasteiger partial charge < -0.3 is 14.5 Å². The molecule has 2 unspecified atom stereocenters. The second-order valence-corrected chi connectivity index (χ2v) is 6.84. The van der Waals surface area contributed by atoms with Crippen LogP contribution in [0.2, 0.25) is 0 Å². The molecule has 0 spiro atoms. The molecule has 2 heterocycles. The first-order chi connectivity index (χ1) is 9.80. The number of hydrogen-bond donors (Lipinski definition) is 0. The molecule has 0 saturated carbocycles. The summed E-state index contributed by atoms with van der Waals surface area (Å²) in [5.41, 5.74) is -0.498. The third-order valence-electron chi connectivity index (χ3n) is 3.89. The van der Waals surface area contributed by atoms with Crippen molar-refractivity contribution in [1.82, 2.24) is 9.80 Å². The van der Waals surface area contributed by atoms with Gasteiger partial charge in [-0.2, -0.15) is 0 Å². The van der Waals surface area contributed by atoms with Gasteiger partial charge in [0.2, 0.25) is 5.91 Å². The van der Waals surface area contributed by atoms with Crippen LogP contribution in [0.1, 0.15) is 40.0 Å². The van der Waals surface area contributed by atoms with E-state index in [4.69, 9.17) is 11.2 Å². The van der Waals surface area contributed by atoms with E-state index in [9.17, 15) is 9.59 Å². The average Bonchev–Trinajstić information content (AvgIpc) is 2.95. The van der Waals surface area contributed by atoms with Crippen LogP contribution in [0.4, 0.5) is 4.79 Å². The summed E-state index contributed by atoms with van der Waals surface area (Å²) in [7, 11) is 0. The predicted molar refractivity (Wildman–Crippen MR) is 79.5 cm³/mol. The molecule has 0 N–H and O–H groups in total. The molecule has 0 bridgehead atoms. The second kappa shape index (κ2) is 5.97. The van der Waals surface area contributed by atoms with E-state index in [0.29, 0.717) is 26.1 Å². The summed E-state index contributed by atoms with van der Waals surface area (Å²) in [5, 5.41) is 0. The van der Waals surface area contributed by atoms with Crippen molar-refractivity contribution in [3.8, 4) is 12.3 Å². The van der Waals surface area contributed by atoms with Gasteiger partial charge >= 0.3 is 6.09 Å². The molecule has 2 amide bonds. The molecule has 2 aliphatic rings. The molecular weight excluding hydrogens is 268 g/mol. The van der Waals surface area contributed by atoms with E-state index in [1.807, 2.05) is 20.8 Å². The maximum Gasteiger partial charge on any atom is 0.410 e. The van der Waals surface area contributed by atoms with E-state index < -0.39 is 5.60 Å². The monoisotopic (exact) mass is 292 g/mol. The molecule has 0 radical (unpaired) electrons. The molecule has 2 saturated heterocycles. The molecule has 116 valence electrons. The van der Waals surface area contributed by atoms with E-state index in [1.165, 1.54) is 0 Å². The van der Waals surface area contributed by atoms with Crippen LogP contribution in [-0.2, 0) is 9.53 Å². The number of rotatable bonds is 2. The maximum absolute atomic E-state index is 12.2. The largest absolute Gasteiger partial charge is 0.444 e. The normalized spacial score (nSPS) is 26.1. The zero-order valence-electron chi connectivity index (χ0n) is 13.1. The van der Waals surface area contributed by atoms with Crippen LogP contribution in [0.5, 0.6) is 0 Å². The summed E-state index contributed by atoms with van der Waals surface area (Å²) in [5.74, 6) is 2.75. The Morgan fingerprint density at radius 1 is 1.48 bits per heavy atom. The molecule has 0 aliphatic carbocycles. The number of carbonyl (C=O) groups excluding carboxylic acids is 2. The molecular formula is C16H24N2O3. The quantitative estimate of drug-likeness (QED) is 0.730. The lowest BCUT2D eigenvalue weighted by Crippen LogP contribution is -2.45. The van der Waals surface area contributed by atoms with Crippen molar-refractivity contribution in [3.63, 3.8) is 0 Å². The maximum atomic E-state index is 12.2. The molecule has 5 nitrogen and oxygen atoms in total. The van der Waals surface area contributed by atoms with Crippen LogP contribution in [0.3, 0.4) is 0 Å². The number of ether oxygens (including phenoxy) is 1. The smallest absolute Gasteiger partial charge is 0.410 e. The summed E-state index contributed by atoms with van der Waals surface area (Å²) in [6.45, 7) is 7.44. The Bertz CT molecular complexity index is 461. The summed E-state index contributed by atoms with van der Waals surface area (Å²) in [4.78, 5) is 27.7. The minimum absolute atomic E-state index is 0.00822. The van der Waals surface area contributed by atoms with Gasteiger partial charge in [0, 0.05) is 32.0 Å². The number of amides is 2. The standard InChI is InChI=1S/C16H24N2O3/c1-5-12-9-14(19)17(10-12)11-13-7-6-8-18(13)15(20)21-16(2,3)4/h1,12-13H,6-11H2,2-4H3. The Balaban J connectivity index is 1.95.